The quantitative estimate of drug-likeness (QED) is 0.940. The number of para-hydroxylation sites is 1. The molecule has 114 valence electrons. The Hall–Kier alpha value is -2.56. The molecule has 2 heterocycles. The van der Waals surface area contributed by atoms with Gasteiger partial charge in [-0.05, 0) is 25.0 Å². The Balaban J connectivity index is 1.61. The van der Waals surface area contributed by atoms with Crippen molar-refractivity contribution in [2.45, 2.75) is 13.3 Å². The van der Waals surface area contributed by atoms with Crippen molar-refractivity contribution >= 4 is 5.91 Å². The van der Waals surface area contributed by atoms with Crippen molar-refractivity contribution in [2.24, 2.45) is 5.92 Å². The van der Waals surface area contributed by atoms with Crippen LogP contribution in [0, 0.1) is 12.8 Å². The van der Waals surface area contributed by atoms with E-state index in [-0.39, 0.29) is 23.0 Å². The number of fused-ring (bicyclic) bond motifs is 1. The Labute approximate surface area is 127 Å². The van der Waals surface area contributed by atoms with E-state index in [0.717, 1.165) is 17.7 Å². The second kappa shape index (κ2) is 6.05. The van der Waals surface area contributed by atoms with Crippen molar-refractivity contribution in [3.05, 3.63) is 63.7 Å². The Morgan fingerprint density at radius 1 is 1.32 bits per heavy atom. The lowest BCUT2D eigenvalue weighted by Crippen LogP contribution is -2.35. The van der Waals surface area contributed by atoms with E-state index in [9.17, 15) is 9.59 Å². The van der Waals surface area contributed by atoms with Crippen LogP contribution in [0.4, 0.5) is 0 Å². The highest BCUT2D eigenvalue weighted by atomic mass is 16.5. The van der Waals surface area contributed by atoms with Crippen LogP contribution < -0.4 is 15.5 Å². The summed E-state index contributed by atoms with van der Waals surface area (Å²) in [5.74, 6) is 1.21. The lowest BCUT2D eigenvalue weighted by Gasteiger charge is -2.25. The topological polar surface area (TPSA) is 68.5 Å². The summed E-state index contributed by atoms with van der Waals surface area (Å²) < 4.78 is 11.0. The number of rotatable bonds is 3. The van der Waals surface area contributed by atoms with Crippen LogP contribution in [0.3, 0.4) is 0 Å². The van der Waals surface area contributed by atoms with Crippen molar-refractivity contribution < 1.29 is 13.9 Å². The van der Waals surface area contributed by atoms with Crippen molar-refractivity contribution in [1.82, 2.24) is 5.32 Å². The fraction of sp³-hybridized carbons (Fsp3) is 0.294. The third-order valence-electron chi connectivity index (χ3n) is 3.62. The van der Waals surface area contributed by atoms with Gasteiger partial charge >= 0.3 is 0 Å². The zero-order valence-electron chi connectivity index (χ0n) is 12.3. The molecule has 5 nitrogen and oxygen atoms in total. The maximum Gasteiger partial charge on any atom is 0.287 e. The first-order chi connectivity index (χ1) is 10.6. The summed E-state index contributed by atoms with van der Waals surface area (Å²) in [6.45, 7) is 2.68. The molecule has 3 rings (SSSR count). The van der Waals surface area contributed by atoms with E-state index >= 15 is 0 Å². The summed E-state index contributed by atoms with van der Waals surface area (Å²) in [5.41, 5.74) is 0.916. The molecule has 0 radical (unpaired) electrons. The third-order valence-corrected chi connectivity index (χ3v) is 3.62. The summed E-state index contributed by atoms with van der Waals surface area (Å²) in [6.07, 6.45) is 0.855. The number of carbonyl (C=O) groups excluding carboxylic acids is 1. The summed E-state index contributed by atoms with van der Waals surface area (Å²) >= 11 is 0. The van der Waals surface area contributed by atoms with Gasteiger partial charge < -0.3 is 14.5 Å². The maximum absolute atomic E-state index is 12.1. The molecular weight excluding hydrogens is 282 g/mol. The molecule has 1 atom stereocenters. The molecule has 1 aromatic heterocycles. The van der Waals surface area contributed by atoms with Gasteiger partial charge in [0, 0.05) is 24.6 Å². The molecule has 1 aromatic carbocycles. The van der Waals surface area contributed by atoms with E-state index in [1.807, 2.05) is 24.3 Å². The minimum atomic E-state index is -0.375. The smallest absolute Gasteiger partial charge is 0.287 e. The SMILES string of the molecule is Cc1cc(=O)cc(C(=O)NCC2COc3ccccc3C2)o1. The summed E-state index contributed by atoms with van der Waals surface area (Å²) in [4.78, 5) is 23.5. The molecule has 0 fully saturated rings. The van der Waals surface area contributed by atoms with Gasteiger partial charge in [-0.3, -0.25) is 9.59 Å². The maximum atomic E-state index is 12.1. The molecule has 1 amide bonds. The molecule has 1 aliphatic rings. The monoisotopic (exact) mass is 299 g/mol. The van der Waals surface area contributed by atoms with Gasteiger partial charge in [0.1, 0.15) is 11.5 Å². The molecule has 0 saturated carbocycles. The zero-order chi connectivity index (χ0) is 15.5. The highest BCUT2D eigenvalue weighted by molar-refractivity contribution is 5.91. The van der Waals surface area contributed by atoms with Crippen molar-refractivity contribution in [1.29, 1.82) is 0 Å². The standard InChI is InChI=1S/C17H17NO4/c1-11-6-14(19)8-16(22-11)17(20)18-9-12-7-13-4-2-3-5-15(13)21-10-12/h2-6,8,12H,7,9-10H2,1H3,(H,18,20). The number of hydrogen-bond donors (Lipinski definition) is 1. The Kier molecular flexibility index (Phi) is 3.96. The Bertz CT molecular complexity index is 750. The second-order valence-electron chi connectivity index (χ2n) is 5.47. The van der Waals surface area contributed by atoms with Gasteiger partial charge in [-0.1, -0.05) is 18.2 Å². The molecule has 0 aliphatic carbocycles. The van der Waals surface area contributed by atoms with E-state index in [4.69, 9.17) is 9.15 Å². The second-order valence-corrected chi connectivity index (χ2v) is 5.47. The number of carbonyl (C=O) groups is 1. The van der Waals surface area contributed by atoms with Crippen molar-refractivity contribution in [2.75, 3.05) is 13.2 Å². The zero-order valence-corrected chi connectivity index (χ0v) is 12.3. The molecule has 1 N–H and O–H groups in total. The number of nitrogens with one attached hydrogen (secondary N) is 1. The lowest BCUT2D eigenvalue weighted by atomic mass is 9.97. The number of aryl methyl sites for hydroxylation is 1. The van der Waals surface area contributed by atoms with Gasteiger partial charge in [0.25, 0.3) is 5.91 Å². The van der Waals surface area contributed by atoms with E-state index < -0.39 is 0 Å². The molecule has 0 saturated heterocycles. The van der Waals surface area contributed by atoms with Crippen LogP contribution in [0.1, 0.15) is 21.9 Å². The Morgan fingerprint density at radius 3 is 2.95 bits per heavy atom. The summed E-state index contributed by atoms with van der Waals surface area (Å²) in [7, 11) is 0. The van der Waals surface area contributed by atoms with Gasteiger partial charge in [-0.25, -0.2) is 0 Å². The van der Waals surface area contributed by atoms with Crippen LogP contribution in [0.25, 0.3) is 0 Å². The highest BCUT2D eigenvalue weighted by Crippen LogP contribution is 2.26. The normalized spacial score (nSPS) is 16.5. The molecule has 0 bridgehead atoms. The predicted octanol–water partition coefficient (Wildman–Crippen LogP) is 1.93. The molecule has 5 heteroatoms. The van der Waals surface area contributed by atoms with Gasteiger partial charge in [0.2, 0.25) is 0 Å². The van der Waals surface area contributed by atoms with Crippen LogP contribution in [0.15, 0.2) is 45.6 Å². The van der Waals surface area contributed by atoms with Crippen molar-refractivity contribution in [3.63, 3.8) is 0 Å². The average Bonchev–Trinajstić information content (AvgIpc) is 2.51. The molecule has 1 unspecified atom stereocenters. The molecule has 22 heavy (non-hydrogen) atoms. The minimum absolute atomic E-state index is 0.0436. The van der Waals surface area contributed by atoms with Crippen LogP contribution in [0.5, 0.6) is 5.75 Å². The van der Waals surface area contributed by atoms with Gasteiger partial charge in [-0.2, -0.15) is 0 Å². The van der Waals surface area contributed by atoms with Gasteiger partial charge in [0.05, 0.1) is 6.61 Å². The average molecular weight is 299 g/mol. The predicted molar refractivity (Wildman–Crippen MR) is 81.2 cm³/mol. The lowest BCUT2D eigenvalue weighted by molar-refractivity contribution is 0.0907. The van der Waals surface area contributed by atoms with Crippen LogP contribution in [0.2, 0.25) is 0 Å². The van der Waals surface area contributed by atoms with E-state index in [2.05, 4.69) is 5.32 Å². The van der Waals surface area contributed by atoms with E-state index in [1.54, 1.807) is 6.92 Å². The van der Waals surface area contributed by atoms with E-state index in [0.29, 0.717) is 18.9 Å². The number of amides is 1. The summed E-state index contributed by atoms with van der Waals surface area (Å²) in [6, 6.07) is 10.5. The molecule has 0 spiro atoms. The fourth-order valence-corrected chi connectivity index (χ4v) is 2.56. The first-order valence-corrected chi connectivity index (χ1v) is 7.22. The summed E-state index contributed by atoms with van der Waals surface area (Å²) in [5, 5.41) is 2.80. The van der Waals surface area contributed by atoms with Crippen LogP contribution in [-0.4, -0.2) is 19.1 Å². The first-order valence-electron chi connectivity index (χ1n) is 7.22. The molecule has 2 aromatic rings. The number of ether oxygens (including phenoxy) is 1. The first kappa shape index (κ1) is 14.4. The van der Waals surface area contributed by atoms with E-state index in [1.165, 1.54) is 12.1 Å². The molecule has 1 aliphatic heterocycles. The number of hydrogen-bond acceptors (Lipinski definition) is 4. The van der Waals surface area contributed by atoms with Gasteiger partial charge in [0.15, 0.2) is 11.2 Å². The third kappa shape index (κ3) is 3.19. The van der Waals surface area contributed by atoms with Gasteiger partial charge in [-0.15, -0.1) is 0 Å². The van der Waals surface area contributed by atoms with Crippen molar-refractivity contribution in [3.8, 4) is 5.75 Å². The highest BCUT2D eigenvalue weighted by Gasteiger charge is 2.20. The Morgan fingerprint density at radius 2 is 2.14 bits per heavy atom. The van der Waals surface area contributed by atoms with Crippen LogP contribution in [-0.2, 0) is 6.42 Å². The minimum Gasteiger partial charge on any atom is -0.493 e. The largest absolute Gasteiger partial charge is 0.493 e. The van der Waals surface area contributed by atoms with Crippen LogP contribution >= 0.6 is 0 Å². The fourth-order valence-electron chi connectivity index (χ4n) is 2.56. The number of benzene rings is 1. The molecular formula is C17H17NO4.